The molecule has 1 aromatic carbocycles. The van der Waals surface area contributed by atoms with Crippen molar-refractivity contribution in [3.05, 3.63) is 47.8 Å². The zero-order valence-corrected chi connectivity index (χ0v) is 17.4. The van der Waals surface area contributed by atoms with Gasteiger partial charge in [0.2, 0.25) is 0 Å². The Bertz CT molecular complexity index is 845. The van der Waals surface area contributed by atoms with Gasteiger partial charge in [-0.2, -0.15) is 5.10 Å². The predicted octanol–water partition coefficient (Wildman–Crippen LogP) is 2.56. The second-order valence-electron chi connectivity index (χ2n) is 7.95. The van der Waals surface area contributed by atoms with E-state index in [1.54, 1.807) is 0 Å². The Balaban J connectivity index is 0.000000377. The molecule has 1 aromatic heterocycles. The normalized spacial score (nSPS) is 23.3. The number of aromatic nitrogens is 2. The summed E-state index contributed by atoms with van der Waals surface area (Å²) in [7, 11) is 0. The fourth-order valence-corrected chi connectivity index (χ4v) is 4.34. The molecule has 3 atom stereocenters. The molecule has 0 amide bonds. The van der Waals surface area contributed by atoms with Crippen LogP contribution in [0.25, 0.3) is 5.69 Å². The van der Waals surface area contributed by atoms with Crippen molar-refractivity contribution in [2.75, 3.05) is 19.6 Å². The van der Waals surface area contributed by atoms with Crippen molar-refractivity contribution in [2.45, 2.75) is 51.2 Å². The lowest BCUT2D eigenvalue weighted by Gasteiger charge is -2.35. The number of para-hydroxylation sites is 1. The Kier molecular flexibility index (Phi) is 7.23. The lowest BCUT2D eigenvalue weighted by atomic mass is 10.00. The predicted molar refractivity (Wildman–Crippen MR) is 111 cm³/mol. The van der Waals surface area contributed by atoms with E-state index in [4.69, 9.17) is 24.5 Å². The van der Waals surface area contributed by atoms with E-state index in [0.29, 0.717) is 18.1 Å². The van der Waals surface area contributed by atoms with E-state index >= 15 is 0 Å². The third-order valence-corrected chi connectivity index (χ3v) is 5.54. The molecule has 0 radical (unpaired) electrons. The van der Waals surface area contributed by atoms with Crippen LogP contribution in [0.15, 0.2) is 36.5 Å². The smallest absolute Gasteiger partial charge is 0.414 e. The van der Waals surface area contributed by atoms with Crippen molar-refractivity contribution in [1.82, 2.24) is 14.7 Å². The van der Waals surface area contributed by atoms with Gasteiger partial charge in [-0.25, -0.2) is 14.3 Å². The van der Waals surface area contributed by atoms with Gasteiger partial charge in [0, 0.05) is 18.8 Å². The molecule has 4 rings (SSSR count). The number of carbonyl (C=O) groups is 2. The third-order valence-electron chi connectivity index (χ3n) is 5.54. The Hall–Kier alpha value is -2.71. The number of hydrogen-bond donors (Lipinski definition) is 2. The highest BCUT2D eigenvalue weighted by molar-refractivity contribution is 6.27. The molecule has 8 heteroatoms. The molecule has 2 N–H and O–H groups in total. The van der Waals surface area contributed by atoms with Crippen LogP contribution in [-0.2, 0) is 20.7 Å². The maximum atomic E-state index is 9.10. The van der Waals surface area contributed by atoms with Crippen molar-refractivity contribution in [3.8, 4) is 5.69 Å². The van der Waals surface area contributed by atoms with Crippen LogP contribution in [0.4, 0.5) is 0 Å². The van der Waals surface area contributed by atoms with Gasteiger partial charge in [-0.05, 0) is 63.3 Å². The van der Waals surface area contributed by atoms with Crippen molar-refractivity contribution in [2.24, 2.45) is 0 Å². The SMILES string of the molecule is C[C@@H]1CN(CCC2CCc3c2cnn3-c2ccccc2)C[C@H](C)O1.O=C(O)C(=O)O. The van der Waals surface area contributed by atoms with Crippen molar-refractivity contribution < 1.29 is 24.5 Å². The summed E-state index contributed by atoms with van der Waals surface area (Å²) in [5.41, 5.74) is 4.05. The van der Waals surface area contributed by atoms with E-state index in [0.717, 1.165) is 19.5 Å². The molecule has 8 nitrogen and oxygen atoms in total. The molecule has 1 aliphatic heterocycles. The zero-order chi connectivity index (χ0) is 21.7. The van der Waals surface area contributed by atoms with Crippen molar-refractivity contribution >= 4 is 11.9 Å². The molecule has 1 fully saturated rings. The summed E-state index contributed by atoms with van der Waals surface area (Å²) in [5.74, 6) is -2.99. The molecule has 30 heavy (non-hydrogen) atoms. The van der Waals surface area contributed by atoms with Crippen LogP contribution >= 0.6 is 0 Å². The maximum Gasteiger partial charge on any atom is 0.414 e. The molecule has 1 saturated heterocycles. The molecule has 2 aromatic rings. The van der Waals surface area contributed by atoms with Crippen LogP contribution in [0.2, 0.25) is 0 Å². The minimum absolute atomic E-state index is 0.355. The summed E-state index contributed by atoms with van der Waals surface area (Å²) < 4.78 is 7.97. The minimum atomic E-state index is -1.82. The first-order valence-electron chi connectivity index (χ1n) is 10.3. The molecule has 2 heterocycles. The molecule has 1 unspecified atom stereocenters. The summed E-state index contributed by atoms with van der Waals surface area (Å²) in [6.07, 6.45) is 6.44. The number of benzene rings is 1. The highest BCUT2D eigenvalue weighted by Crippen LogP contribution is 2.36. The molecule has 1 aliphatic carbocycles. The number of rotatable bonds is 4. The maximum absolute atomic E-state index is 9.10. The van der Waals surface area contributed by atoms with Gasteiger partial charge in [0.1, 0.15) is 0 Å². The Morgan fingerprint density at radius 3 is 2.33 bits per heavy atom. The third kappa shape index (κ3) is 5.46. The molecule has 0 spiro atoms. The van der Waals surface area contributed by atoms with Crippen LogP contribution < -0.4 is 0 Å². The molecule has 162 valence electrons. The molecule has 2 aliphatic rings. The van der Waals surface area contributed by atoms with E-state index in [-0.39, 0.29) is 0 Å². The first-order chi connectivity index (χ1) is 14.3. The summed E-state index contributed by atoms with van der Waals surface area (Å²) in [4.78, 5) is 20.8. The van der Waals surface area contributed by atoms with Crippen molar-refractivity contribution in [3.63, 3.8) is 0 Å². The standard InChI is InChI=1S/C20H27N3O.C2H2O4/c1-15-13-22(14-16(2)24-15)11-10-17-8-9-20-19(17)12-21-23(20)18-6-4-3-5-7-18;3-1(4)2(5)6/h3-7,12,15-17H,8-11,13-14H2,1-2H3;(H,3,4)(H,5,6)/t15-,16+,17?;. The fourth-order valence-electron chi connectivity index (χ4n) is 4.34. The topological polar surface area (TPSA) is 105 Å². The number of carboxylic acids is 2. The number of nitrogens with zero attached hydrogens (tertiary/aromatic N) is 3. The number of hydrogen-bond acceptors (Lipinski definition) is 5. The second kappa shape index (κ2) is 9.86. The minimum Gasteiger partial charge on any atom is -0.473 e. The van der Waals surface area contributed by atoms with Gasteiger partial charge in [0.25, 0.3) is 0 Å². The van der Waals surface area contributed by atoms with E-state index < -0.39 is 11.9 Å². The number of carboxylic acid groups (broad SMARTS) is 2. The summed E-state index contributed by atoms with van der Waals surface area (Å²) in [6, 6.07) is 10.5. The van der Waals surface area contributed by atoms with Crippen LogP contribution in [0.5, 0.6) is 0 Å². The summed E-state index contributed by atoms with van der Waals surface area (Å²) >= 11 is 0. The second-order valence-corrected chi connectivity index (χ2v) is 7.95. The van der Waals surface area contributed by atoms with Gasteiger partial charge >= 0.3 is 11.9 Å². The molecule has 0 bridgehead atoms. The van der Waals surface area contributed by atoms with E-state index in [2.05, 4.69) is 65.1 Å². The number of fused-ring (bicyclic) bond motifs is 1. The number of morpholine rings is 1. The number of ether oxygens (including phenoxy) is 1. The van der Waals surface area contributed by atoms with Gasteiger partial charge in [0.05, 0.1) is 24.1 Å². The Morgan fingerprint density at radius 1 is 1.10 bits per heavy atom. The summed E-state index contributed by atoms with van der Waals surface area (Å²) in [5, 5.41) is 19.4. The number of aliphatic carboxylic acids is 2. The van der Waals surface area contributed by atoms with Crippen molar-refractivity contribution in [1.29, 1.82) is 0 Å². The molecule has 0 saturated carbocycles. The average Bonchev–Trinajstić information content (AvgIpc) is 3.29. The van der Waals surface area contributed by atoms with Gasteiger partial charge < -0.3 is 14.9 Å². The molecular weight excluding hydrogens is 386 g/mol. The average molecular weight is 415 g/mol. The Labute approximate surface area is 176 Å². The zero-order valence-electron chi connectivity index (χ0n) is 17.4. The summed E-state index contributed by atoms with van der Waals surface area (Å²) in [6.45, 7) is 7.65. The first kappa shape index (κ1) is 22.0. The van der Waals surface area contributed by atoms with Gasteiger partial charge in [-0.15, -0.1) is 0 Å². The van der Waals surface area contributed by atoms with E-state index in [1.807, 2.05) is 0 Å². The van der Waals surface area contributed by atoms with Gasteiger partial charge in [-0.3, -0.25) is 4.90 Å². The highest BCUT2D eigenvalue weighted by Gasteiger charge is 2.29. The lowest BCUT2D eigenvalue weighted by Crippen LogP contribution is -2.45. The van der Waals surface area contributed by atoms with E-state index in [1.165, 1.54) is 36.3 Å². The van der Waals surface area contributed by atoms with Gasteiger partial charge in [-0.1, -0.05) is 18.2 Å². The fraction of sp³-hybridized carbons (Fsp3) is 0.500. The van der Waals surface area contributed by atoms with E-state index in [9.17, 15) is 0 Å². The van der Waals surface area contributed by atoms with Crippen LogP contribution in [0.1, 0.15) is 43.9 Å². The lowest BCUT2D eigenvalue weighted by molar-refractivity contribution is -0.159. The monoisotopic (exact) mass is 415 g/mol. The molecular formula is C22H29N3O5. The quantitative estimate of drug-likeness (QED) is 0.740. The largest absolute Gasteiger partial charge is 0.473 e. The van der Waals surface area contributed by atoms with Gasteiger partial charge in [0.15, 0.2) is 0 Å². The highest BCUT2D eigenvalue weighted by atomic mass is 16.5. The Morgan fingerprint density at radius 2 is 1.73 bits per heavy atom. The van der Waals surface area contributed by atoms with Crippen LogP contribution in [0, 0.1) is 0 Å². The first-order valence-corrected chi connectivity index (χ1v) is 10.3. The van der Waals surface area contributed by atoms with Crippen LogP contribution in [-0.4, -0.2) is 68.7 Å². The van der Waals surface area contributed by atoms with Crippen LogP contribution in [0.3, 0.4) is 0 Å².